The Balaban J connectivity index is 2.79. The molecule has 1 rings (SSSR count). The zero-order valence-electron chi connectivity index (χ0n) is 12.5. The van der Waals surface area contributed by atoms with Crippen LogP contribution in [0.3, 0.4) is 0 Å². The van der Waals surface area contributed by atoms with Crippen LogP contribution in [0.25, 0.3) is 0 Å². The third-order valence-corrected chi connectivity index (χ3v) is 3.31. The number of aliphatic hydroxyl groups is 1. The van der Waals surface area contributed by atoms with E-state index in [2.05, 4.69) is 0 Å². The van der Waals surface area contributed by atoms with E-state index in [-0.39, 0.29) is 25.8 Å². The summed E-state index contributed by atoms with van der Waals surface area (Å²) in [6, 6.07) is -0.759. The number of urea groups is 1. The summed E-state index contributed by atoms with van der Waals surface area (Å²) in [5.74, 6) is -1.65. The predicted octanol–water partition coefficient (Wildman–Crippen LogP) is 0.231. The molecule has 0 bridgehead atoms. The van der Waals surface area contributed by atoms with Gasteiger partial charge in [-0.15, -0.1) is 0 Å². The fourth-order valence-electron chi connectivity index (χ4n) is 2.46. The average molecular weight is 288 g/mol. The van der Waals surface area contributed by atoms with Gasteiger partial charge in [-0.05, 0) is 20.8 Å². The van der Waals surface area contributed by atoms with Gasteiger partial charge in [0.05, 0.1) is 31.4 Å². The van der Waals surface area contributed by atoms with E-state index >= 15 is 0 Å². The number of aliphatic carboxylic acids is 1. The number of hydrogen-bond donors (Lipinski definition) is 2. The molecule has 0 aromatic heterocycles. The Morgan fingerprint density at radius 1 is 1.35 bits per heavy atom. The second-order valence-electron chi connectivity index (χ2n) is 5.79. The summed E-state index contributed by atoms with van der Waals surface area (Å²) < 4.78 is 5.20. The van der Waals surface area contributed by atoms with Crippen molar-refractivity contribution in [1.29, 1.82) is 0 Å². The lowest BCUT2D eigenvalue weighted by molar-refractivity contribution is -0.142. The maximum absolute atomic E-state index is 12.4. The number of carbonyl (C=O) groups excluding carboxylic acids is 1. The highest BCUT2D eigenvalue weighted by atomic mass is 16.5. The predicted molar refractivity (Wildman–Crippen MR) is 72.4 cm³/mol. The van der Waals surface area contributed by atoms with Crippen molar-refractivity contribution >= 4 is 12.0 Å². The molecular weight excluding hydrogens is 264 g/mol. The SMILES string of the molecule is CCN(C(=O)N(C)CC(C)(C)O)C1COCC1C(=O)O. The Bertz CT molecular complexity index is 366. The molecule has 2 amide bonds. The van der Waals surface area contributed by atoms with E-state index in [1.807, 2.05) is 0 Å². The average Bonchev–Trinajstić information content (AvgIpc) is 2.76. The van der Waals surface area contributed by atoms with Crippen molar-refractivity contribution < 1.29 is 24.5 Å². The largest absolute Gasteiger partial charge is 0.481 e. The molecule has 7 nitrogen and oxygen atoms in total. The topological polar surface area (TPSA) is 90.3 Å². The van der Waals surface area contributed by atoms with E-state index < -0.39 is 23.5 Å². The highest BCUT2D eigenvalue weighted by Gasteiger charge is 2.40. The first kappa shape index (κ1) is 16.7. The van der Waals surface area contributed by atoms with E-state index in [1.165, 1.54) is 9.80 Å². The Hall–Kier alpha value is -1.34. The lowest BCUT2D eigenvalue weighted by atomic mass is 10.0. The van der Waals surface area contributed by atoms with Gasteiger partial charge in [-0.25, -0.2) is 4.79 Å². The number of carboxylic acids is 1. The summed E-state index contributed by atoms with van der Waals surface area (Å²) in [5, 5.41) is 18.9. The zero-order valence-corrected chi connectivity index (χ0v) is 12.5. The van der Waals surface area contributed by atoms with E-state index in [9.17, 15) is 14.7 Å². The zero-order chi connectivity index (χ0) is 15.5. The van der Waals surface area contributed by atoms with Gasteiger partial charge in [-0.3, -0.25) is 4.79 Å². The Labute approximate surface area is 119 Å². The van der Waals surface area contributed by atoms with Gasteiger partial charge >= 0.3 is 12.0 Å². The highest BCUT2D eigenvalue weighted by molar-refractivity contribution is 5.77. The fraction of sp³-hybridized carbons (Fsp3) is 0.846. The molecule has 20 heavy (non-hydrogen) atoms. The Morgan fingerprint density at radius 2 is 1.95 bits per heavy atom. The van der Waals surface area contributed by atoms with Crippen LogP contribution in [0.4, 0.5) is 4.79 Å². The molecule has 2 atom stereocenters. The van der Waals surface area contributed by atoms with E-state index in [0.29, 0.717) is 6.54 Å². The second kappa shape index (κ2) is 6.41. The normalized spacial score (nSPS) is 22.6. The molecular formula is C13H24N2O5. The van der Waals surface area contributed by atoms with Crippen LogP contribution in [-0.4, -0.2) is 77.0 Å². The van der Waals surface area contributed by atoms with Gasteiger partial charge in [-0.1, -0.05) is 0 Å². The molecule has 0 aromatic carbocycles. The summed E-state index contributed by atoms with van der Waals surface area (Å²) in [4.78, 5) is 26.5. The minimum Gasteiger partial charge on any atom is -0.481 e. The summed E-state index contributed by atoms with van der Waals surface area (Å²) >= 11 is 0. The van der Waals surface area contributed by atoms with Crippen LogP contribution in [0, 0.1) is 5.92 Å². The number of ether oxygens (including phenoxy) is 1. The van der Waals surface area contributed by atoms with E-state index in [0.717, 1.165) is 0 Å². The van der Waals surface area contributed by atoms with Crippen LogP contribution < -0.4 is 0 Å². The lowest BCUT2D eigenvalue weighted by Gasteiger charge is -2.35. The monoisotopic (exact) mass is 288 g/mol. The molecule has 1 aliphatic heterocycles. The van der Waals surface area contributed by atoms with E-state index in [4.69, 9.17) is 9.84 Å². The van der Waals surface area contributed by atoms with Gasteiger partial charge < -0.3 is 24.7 Å². The van der Waals surface area contributed by atoms with E-state index in [1.54, 1.807) is 27.8 Å². The number of carboxylic acid groups (broad SMARTS) is 1. The molecule has 0 spiro atoms. The number of hydrogen-bond acceptors (Lipinski definition) is 4. The molecule has 1 fully saturated rings. The summed E-state index contributed by atoms with van der Waals surface area (Å²) in [5.41, 5.74) is -0.998. The van der Waals surface area contributed by atoms with Crippen LogP contribution >= 0.6 is 0 Å². The fourth-order valence-corrected chi connectivity index (χ4v) is 2.46. The standard InChI is InChI=1S/C13H24N2O5/c1-5-15(10-7-20-6-9(10)11(16)17)12(18)14(4)8-13(2,3)19/h9-10,19H,5-8H2,1-4H3,(H,16,17). The molecule has 0 radical (unpaired) electrons. The molecule has 2 N–H and O–H groups in total. The molecule has 1 heterocycles. The first-order valence-corrected chi connectivity index (χ1v) is 6.72. The molecule has 0 saturated carbocycles. The van der Waals surface area contributed by atoms with Crippen molar-refractivity contribution in [1.82, 2.24) is 9.80 Å². The number of amides is 2. The number of rotatable bonds is 5. The van der Waals surface area contributed by atoms with Crippen LogP contribution in [0.1, 0.15) is 20.8 Å². The van der Waals surface area contributed by atoms with Gasteiger partial charge in [0.1, 0.15) is 5.92 Å². The van der Waals surface area contributed by atoms with Crippen LogP contribution in [-0.2, 0) is 9.53 Å². The maximum atomic E-state index is 12.4. The molecule has 2 unspecified atom stereocenters. The molecule has 1 saturated heterocycles. The minimum absolute atomic E-state index is 0.124. The van der Waals surface area contributed by atoms with Crippen LogP contribution in [0.5, 0.6) is 0 Å². The smallest absolute Gasteiger partial charge is 0.320 e. The first-order chi connectivity index (χ1) is 9.17. The van der Waals surface area contributed by atoms with Crippen molar-refractivity contribution in [2.45, 2.75) is 32.4 Å². The van der Waals surface area contributed by atoms with Crippen molar-refractivity contribution in [3.63, 3.8) is 0 Å². The Kier molecular flexibility index (Phi) is 5.35. The van der Waals surface area contributed by atoms with Crippen molar-refractivity contribution in [3.05, 3.63) is 0 Å². The van der Waals surface area contributed by atoms with Gasteiger partial charge in [-0.2, -0.15) is 0 Å². The van der Waals surface area contributed by atoms with Gasteiger partial charge in [0.15, 0.2) is 0 Å². The van der Waals surface area contributed by atoms with Crippen LogP contribution in [0.2, 0.25) is 0 Å². The molecule has 0 aromatic rings. The third-order valence-electron chi connectivity index (χ3n) is 3.31. The Morgan fingerprint density at radius 3 is 2.40 bits per heavy atom. The second-order valence-corrected chi connectivity index (χ2v) is 5.79. The maximum Gasteiger partial charge on any atom is 0.320 e. The van der Waals surface area contributed by atoms with Gasteiger partial charge in [0.2, 0.25) is 0 Å². The molecule has 0 aliphatic carbocycles. The summed E-state index contributed by atoms with van der Waals surface area (Å²) in [7, 11) is 1.59. The number of nitrogens with zero attached hydrogens (tertiary/aromatic N) is 2. The highest BCUT2D eigenvalue weighted by Crippen LogP contribution is 2.21. The van der Waals surface area contributed by atoms with Gasteiger partial charge in [0, 0.05) is 13.6 Å². The minimum atomic E-state index is -0.998. The van der Waals surface area contributed by atoms with Crippen molar-refractivity contribution in [2.75, 3.05) is 33.4 Å². The molecule has 116 valence electrons. The lowest BCUT2D eigenvalue weighted by Crippen LogP contribution is -2.53. The number of carbonyl (C=O) groups is 2. The van der Waals surface area contributed by atoms with Crippen molar-refractivity contribution in [2.24, 2.45) is 5.92 Å². The molecule has 7 heteroatoms. The quantitative estimate of drug-likeness (QED) is 0.756. The van der Waals surface area contributed by atoms with Crippen molar-refractivity contribution in [3.8, 4) is 0 Å². The summed E-state index contributed by atoms with van der Waals surface area (Å²) in [6.45, 7) is 5.96. The van der Waals surface area contributed by atoms with Crippen LogP contribution in [0.15, 0.2) is 0 Å². The van der Waals surface area contributed by atoms with Gasteiger partial charge in [0.25, 0.3) is 0 Å². The number of likely N-dealkylation sites (N-methyl/N-ethyl adjacent to an activating group) is 2. The summed E-state index contributed by atoms with van der Waals surface area (Å²) in [6.07, 6.45) is 0. The molecule has 1 aliphatic rings. The first-order valence-electron chi connectivity index (χ1n) is 6.72. The third kappa shape index (κ3) is 4.08.